The van der Waals surface area contributed by atoms with E-state index in [1.807, 2.05) is 17.0 Å². The van der Waals surface area contributed by atoms with Crippen molar-refractivity contribution in [1.29, 1.82) is 0 Å². The monoisotopic (exact) mass is 340 g/mol. The van der Waals surface area contributed by atoms with Crippen LogP contribution in [-0.4, -0.2) is 29.9 Å². The summed E-state index contributed by atoms with van der Waals surface area (Å²) in [5.41, 5.74) is 7.13. The molecule has 1 saturated heterocycles. The Bertz CT molecular complexity index is 602. The van der Waals surface area contributed by atoms with E-state index in [1.54, 1.807) is 6.07 Å². The van der Waals surface area contributed by atoms with Crippen LogP contribution in [0.1, 0.15) is 38.2 Å². The zero-order valence-corrected chi connectivity index (χ0v) is 14.5. The van der Waals surface area contributed by atoms with Crippen LogP contribution >= 0.6 is 23.2 Å². The van der Waals surface area contributed by atoms with E-state index in [-0.39, 0.29) is 29.2 Å². The van der Waals surface area contributed by atoms with Crippen molar-refractivity contribution in [2.75, 3.05) is 13.1 Å². The minimum atomic E-state index is -0.0218. The smallest absolute Gasteiger partial charge is 0.226 e. The van der Waals surface area contributed by atoms with Crippen molar-refractivity contribution in [2.45, 2.75) is 38.6 Å². The Balaban J connectivity index is 1.70. The van der Waals surface area contributed by atoms with Gasteiger partial charge in [-0.25, -0.2) is 0 Å². The lowest BCUT2D eigenvalue weighted by Crippen LogP contribution is -2.54. The Morgan fingerprint density at radius 1 is 1.36 bits per heavy atom. The third kappa shape index (κ3) is 2.86. The summed E-state index contributed by atoms with van der Waals surface area (Å²) in [5, 5.41) is 1.15. The van der Waals surface area contributed by atoms with Crippen LogP contribution in [0.3, 0.4) is 0 Å². The molecule has 3 atom stereocenters. The number of likely N-dealkylation sites (tertiary alicyclic amines) is 1. The molecule has 3 nitrogen and oxygen atoms in total. The third-order valence-electron chi connectivity index (χ3n) is 5.11. The first kappa shape index (κ1) is 16.1. The molecule has 0 radical (unpaired) electrons. The molecule has 22 heavy (non-hydrogen) atoms. The lowest BCUT2D eigenvalue weighted by atomic mass is 9.79. The van der Waals surface area contributed by atoms with E-state index in [1.165, 1.54) is 0 Å². The molecule has 1 amide bonds. The first-order valence-electron chi connectivity index (χ1n) is 7.79. The highest BCUT2D eigenvalue weighted by atomic mass is 35.5. The number of rotatable bonds is 2. The van der Waals surface area contributed by atoms with Crippen LogP contribution < -0.4 is 5.73 Å². The van der Waals surface area contributed by atoms with Gasteiger partial charge in [-0.15, -0.1) is 0 Å². The number of halogens is 2. The molecule has 5 heteroatoms. The van der Waals surface area contributed by atoms with E-state index in [0.717, 1.165) is 31.5 Å². The summed E-state index contributed by atoms with van der Waals surface area (Å²) in [5.74, 6) is 0.486. The first-order chi connectivity index (χ1) is 10.3. The summed E-state index contributed by atoms with van der Waals surface area (Å²) in [6, 6.07) is 5.81. The molecule has 1 heterocycles. The summed E-state index contributed by atoms with van der Waals surface area (Å²) in [6.45, 7) is 5.76. The van der Waals surface area contributed by atoms with Crippen molar-refractivity contribution >= 4 is 29.1 Å². The SMILES string of the molecule is CC1(C)CN(C(=O)C2CC2c2cccc(Cl)c2Cl)CCC1N. The second-order valence-corrected chi connectivity index (χ2v) is 8.02. The number of hydrogen-bond acceptors (Lipinski definition) is 2. The van der Waals surface area contributed by atoms with Gasteiger partial charge in [0.05, 0.1) is 10.0 Å². The van der Waals surface area contributed by atoms with Crippen LogP contribution in [0.2, 0.25) is 10.0 Å². The molecule has 2 N–H and O–H groups in total. The van der Waals surface area contributed by atoms with Gasteiger partial charge in [0.25, 0.3) is 0 Å². The summed E-state index contributed by atoms with van der Waals surface area (Å²) in [4.78, 5) is 14.7. The molecule has 1 aromatic rings. The van der Waals surface area contributed by atoms with Crippen molar-refractivity contribution in [3.05, 3.63) is 33.8 Å². The first-order valence-corrected chi connectivity index (χ1v) is 8.55. The highest BCUT2D eigenvalue weighted by Crippen LogP contribution is 2.51. The molecular weight excluding hydrogens is 319 g/mol. The van der Waals surface area contributed by atoms with E-state index in [9.17, 15) is 4.79 Å². The van der Waals surface area contributed by atoms with Gasteiger partial charge >= 0.3 is 0 Å². The molecule has 120 valence electrons. The van der Waals surface area contributed by atoms with Crippen LogP contribution in [-0.2, 0) is 4.79 Å². The van der Waals surface area contributed by atoms with Crippen LogP contribution in [0.4, 0.5) is 0 Å². The lowest BCUT2D eigenvalue weighted by Gasteiger charge is -2.42. The van der Waals surface area contributed by atoms with Crippen molar-refractivity contribution in [2.24, 2.45) is 17.1 Å². The van der Waals surface area contributed by atoms with E-state index in [2.05, 4.69) is 13.8 Å². The number of piperidine rings is 1. The number of carbonyl (C=O) groups is 1. The fourth-order valence-electron chi connectivity index (χ4n) is 3.41. The van der Waals surface area contributed by atoms with Crippen molar-refractivity contribution in [3.63, 3.8) is 0 Å². The molecule has 0 spiro atoms. The van der Waals surface area contributed by atoms with Crippen LogP contribution in [0.25, 0.3) is 0 Å². The summed E-state index contributed by atoms with van der Waals surface area (Å²) >= 11 is 12.3. The Kier molecular flexibility index (Phi) is 4.17. The molecule has 1 saturated carbocycles. The van der Waals surface area contributed by atoms with Crippen LogP contribution in [0, 0.1) is 11.3 Å². The van der Waals surface area contributed by atoms with Gasteiger partial charge < -0.3 is 10.6 Å². The van der Waals surface area contributed by atoms with Gasteiger partial charge in [-0.3, -0.25) is 4.79 Å². The molecule has 0 aromatic heterocycles. The fourth-order valence-corrected chi connectivity index (χ4v) is 3.86. The number of hydrogen-bond donors (Lipinski definition) is 1. The number of nitrogens with two attached hydrogens (primary N) is 1. The Morgan fingerprint density at radius 2 is 2.09 bits per heavy atom. The average molecular weight is 341 g/mol. The predicted octanol–water partition coefficient (Wildman–Crippen LogP) is 3.68. The van der Waals surface area contributed by atoms with E-state index < -0.39 is 0 Å². The minimum Gasteiger partial charge on any atom is -0.342 e. The van der Waals surface area contributed by atoms with Gasteiger partial charge in [0.15, 0.2) is 0 Å². The molecule has 3 rings (SSSR count). The molecule has 0 bridgehead atoms. The molecular formula is C17H22Cl2N2O. The topological polar surface area (TPSA) is 46.3 Å². The lowest BCUT2D eigenvalue weighted by molar-refractivity contribution is -0.136. The maximum atomic E-state index is 12.7. The van der Waals surface area contributed by atoms with Crippen molar-refractivity contribution in [3.8, 4) is 0 Å². The summed E-state index contributed by atoms with van der Waals surface area (Å²) in [6.07, 6.45) is 1.73. The number of amides is 1. The standard InChI is InChI=1S/C17H22Cl2N2O/c1-17(2)9-21(7-6-14(17)20)16(22)12-8-11(12)10-4-3-5-13(18)15(10)19/h3-5,11-12,14H,6-9,20H2,1-2H3. The van der Waals surface area contributed by atoms with E-state index in [0.29, 0.717) is 10.0 Å². The van der Waals surface area contributed by atoms with Gasteiger partial charge in [0.1, 0.15) is 0 Å². The van der Waals surface area contributed by atoms with Gasteiger partial charge in [0.2, 0.25) is 5.91 Å². The molecule has 1 aliphatic heterocycles. The molecule has 3 unspecified atom stereocenters. The molecule has 1 aromatic carbocycles. The predicted molar refractivity (Wildman–Crippen MR) is 90.3 cm³/mol. The van der Waals surface area contributed by atoms with Gasteiger partial charge in [-0.05, 0) is 35.8 Å². The maximum absolute atomic E-state index is 12.7. The van der Waals surface area contributed by atoms with E-state index in [4.69, 9.17) is 28.9 Å². The fraction of sp³-hybridized carbons (Fsp3) is 0.588. The second-order valence-electron chi connectivity index (χ2n) is 7.24. The second kappa shape index (κ2) is 5.70. The Labute approximate surface area is 141 Å². The molecule has 1 aliphatic carbocycles. The number of carbonyl (C=O) groups excluding carboxylic acids is 1. The number of nitrogens with zero attached hydrogens (tertiary/aromatic N) is 1. The maximum Gasteiger partial charge on any atom is 0.226 e. The van der Waals surface area contributed by atoms with Crippen LogP contribution in [0.15, 0.2) is 18.2 Å². The van der Waals surface area contributed by atoms with Crippen molar-refractivity contribution < 1.29 is 4.79 Å². The molecule has 2 aliphatic rings. The van der Waals surface area contributed by atoms with Gasteiger partial charge in [-0.1, -0.05) is 49.2 Å². The van der Waals surface area contributed by atoms with E-state index >= 15 is 0 Å². The molecule has 2 fully saturated rings. The number of benzene rings is 1. The van der Waals surface area contributed by atoms with Gasteiger partial charge in [-0.2, -0.15) is 0 Å². The Morgan fingerprint density at radius 3 is 2.77 bits per heavy atom. The largest absolute Gasteiger partial charge is 0.342 e. The van der Waals surface area contributed by atoms with Crippen LogP contribution in [0.5, 0.6) is 0 Å². The summed E-state index contributed by atoms with van der Waals surface area (Å²) in [7, 11) is 0. The zero-order valence-electron chi connectivity index (χ0n) is 13.0. The third-order valence-corrected chi connectivity index (χ3v) is 5.95. The highest BCUT2D eigenvalue weighted by Gasteiger charge is 2.48. The Hall–Kier alpha value is -0.770. The zero-order chi connectivity index (χ0) is 16.1. The highest BCUT2D eigenvalue weighted by molar-refractivity contribution is 6.42. The summed E-state index contributed by atoms with van der Waals surface area (Å²) < 4.78 is 0. The average Bonchev–Trinajstić information content (AvgIpc) is 3.24. The van der Waals surface area contributed by atoms with Gasteiger partial charge in [0, 0.05) is 25.0 Å². The minimum absolute atomic E-state index is 0.0218. The van der Waals surface area contributed by atoms with Crippen molar-refractivity contribution in [1.82, 2.24) is 4.90 Å². The quantitative estimate of drug-likeness (QED) is 0.892. The normalized spacial score (nSPS) is 30.2.